The molecule has 1 saturated heterocycles. The Labute approximate surface area is 165 Å². The fourth-order valence-electron chi connectivity index (χ4n) is 4.94. The molecule has 1 aromatic rings. The maximum atomic E-state index is 11.4. The lowest BCUT2D eigenvalue weighted by atomic mass is 9.89. The van der Waals surface area contributed by atoms with Crippen molar-refractivity contribution in [2.75, 3.05) is 12.3 Å². The van der Waals surface area contributed by atoms with Gasteiger partial charge in [0.1, 0.15) is 0 Å². The minimum atomic E-state index is -0.232. The van der Waals surface area contributed by atoms with Crippen LogP contribution in [0.15, 0.2) is 17.1 Å². The third kappa shape index (κ3) is 3.48. The Kier molecular flexibility index (Phi) is 5.19. The normalized spacial score (nSPS) is 22.8. The summed E-state index contributed by atoms with van der Waals surface area (Å²) in [5.41, 5.74) is 3.55. The van der Waals surface area contributed by atoms with E-state index in [1.807, 2.05) is 17.8 Å². The largest absolute Gasteiger partial charge is 0.344 e. The van der Waals surface area contributed by atoms with E-state index in [1.54, 1.807) is 6.07 Å². The molecule has 0 bridgehead atoms. The molecule has 1 saturated carbocycles. The molecule has 6 heteroatoms. The molecule has 0 unspecified atom stereocenters. The molecule has 0 aromatic heterocycles. The van der Waals surface area contributed by atoms with Crippen LogP contribution in [0.4, 0.5) is 11.4 Å². The van der Waals surface area contributed by atoms with Crippen molar-refractivity contribution in [2.24, 2.45) is 10.9 Å². The van der Waals surface area contributed by atoms with Crippen molar-refractivity contribution in [3.05, 3.63) is 33.4 Å². The van der Waals surface area contributed by atoms with Crippen LogP contribution in [0.25, 0.3) is 0 Å². The van der Waals surface area contributed by atoms with Crippen LogP contribution in [0.1, 0.15) is 63.5 Å². The molecule has 4 rings (SSSR count). The van der Waals surface area contributed by atoms with E-state index in [2.05, 4.69) is 18.7 Å². The number of nitrogens with zero attached hydrogens (tertiary/aromatic N) is 3. The standard InChI is InChI=1S/C21H29N3O2S/c1-15(2)13-23-20(27-14-21(23)11-5-6-12-21)22-18-9-10-19(24(25)26)17-8-4-3-7-16(17)18/h9-10,15H,3-8,11-14H2,1-2H3. The molecular weight excluding hydrogens is 358 g/mol. The van der Waals surface area contributed by atoms with E-state index in [1.165, 1.54) is 25.7 Å². The monoisotopic (exact) mass is 387 g/mol. The lowest BCUT2D eigenvalue weighted by Gasteiger charge is -2.37. The SMILES string of the molecule is CC(C)CN1C(=Nc2ccc([N+](=O)[O-])c3c2CCCC3)SCC12CCCC2. The summed E-state index contributed by atoms with van der Waals surface area (Å²) in [5.74, 6) is 1.73. The van der Waals surface area contributed by atoms with Crippen LogP contribution >= 0.6 is 11.8 Å². The highest BCUT2D eigenvalue weighted by molar-refractivity contribution is 8.14. The highest BCUT2D eigenvalue weighted by Crippen LogP contribution is 2.46. The number of hydrogen-bond acceptors (Lipinski definition) is 4. The predicted molar refractivity (Wildman–Crippen MR) is 112 cm³/mol. The van der Waals surface area contributed by atoms with E-state index in [0.717, 1.165) is 60.0 Å². The number of aliphatic imine (C=N–C) groups is 1. The Morgan fingerprint density at radius 1 is 1.19 bits per heavy atom. The number of fused-ring (bicyclic) bond motifs is 1. The van der Waals surface area contributed by atoms with Crippen molar-refractivity contribution >= 4 is 28.3 Å². The Bertz CT molecular complexity index is 769. The quantitative estimate of drug-likeness (QED) is 0.507. The van der Waals surface area contributed by atoms with Gasteiger partial charge in [-0.25, -0.2) is 4.99 Å². The minimum Gasteiger partial charge on any atom is -0.344 e. The summed E-state index contributed by atoms with van der Waals surface area (Å²) in [6.45, 7) is 5.59. The topological polar surface area (TPSA) is 58.7 Å². The second-order valence-electron chi connectivity index (χ2n) is 8.64. The molecule has 1 spiro atoms. The van der Waals surface area contributed by atoms with Gasteiger partial charge in [-0.05, 0) is 56.1 Å². The second kappa shape index (κ2) is 7.46. The zero-order valence-electron chi connectivity index (χ0n) is 16.4. The average Bonchev–Trinajstić information content (AvgIpc) is 3.24. The van der Waals surface area contributed by atoms with Gasteiger partial charge in [0.25, 0.3) is 5.69 Å². The maximum absolute atomic E-state index is 11.4. The van der Waals surface area contributed by atoms with Crippen LogP contribution in [-0.2, 0) is 12.8 Å². The third-order valence-corrected chi connectivity index (χ3v) is 7.51. The van der Waals surface area contributed by atoms with Crippen LogP contribution in [0, 0.1) is 16.0 Å². The first-order chi connectivity index (χ1) is 13.0. The molecule has 27 heavy (non-hydrogen) atoms. The summed E-state index contributed by atoms with van der Waals surface area (Å²) in [4.78, 5) is 18.9. The fourth-order valence-corrected chi connectivity index (χ4v) is 6.37. The van der Waals surface area contributed by atoms with E-state index in [-0.39, 0.29) is 16.1 Å². The van der Waals surface area contributed by atoms with E-state index in [9.17, 15) is 10.1 Å². The first-order valence-electron chi connectivity index (χ1n) is 10.3. The van der Waals surface area contributed by atoms with E-state index in [4.69, 9.17) is 4.99 Å². The molecule has 0 radical (unpaired) electrons. The summed E-state index contributed by atoms with van der Waals surface area (Å²) < 4.78 is 0. The zero-order chi connectivity index (χ0) is 19.0. The number of nitro groups is 1. The Balaban J connectivity index is 1.73. The maximum Gasteiger partial charge on any atom is 0.273 e. The van der Waals surface area contributed by atoms with Crippen LogP contribution in [0.5, 0.6) is 0 Å². The van der Waals surface area contributed by atoms with Gasteiger partial charge in [0.05, 0.1) is 16.1 Å². The van der Waals surface area contributed by atoms with Gasteiger partial charge >= 0.3 is 0 Å². The Morgan fingerprint density at radius 3 is 2.56 bits per heavy atom. The van der Waals surface area contributed by atoms with Gasteiger partial charge in [-0.15, -0.1) is 0 Å². The molecular formula is C21H29N3O2S. The lowest BCUT2D eigenvalue weighted by Crippen LogP contribution is -2.47. The van der Waals surface area contributed by atoms with Crippen molar-refractivity contribution in [2.45, 2.75) is 70.8 Å². The molecule has 1 aliphatic heterocycles. The Morgan fingerprint density at radius 2 is 1.89 bits per heavy atom. The number of benzene rings is 1. The first kappa shape index (κ1) is 18.8. The van der Waals surface area contributed by atoms with Crippen molar-refractivity contribution in [3.8, 4) is 0 Å². The van der Waals surface area contributed by atoms with Crippen molar-refractivity contribution in [1.29, 1.82) is 0 Å². The van der Waals surface area contributed by atoms with Gasteiger partial charge < -0.3 is 4.90 Å². The number of rotatable bonds is 4. The molecule has 2 aliphatic carbocycles. The van der Waals surface area contributed by atoms with Gasteiger partial charge in [0.15, 0.2) is 5.17 Å². The molecule has 0 atom stereocenters. The molecule has 0 amide bonds. The summed E-state index contributed by atoms with van der Waals surface area (Å²) in [6, 6.07) is 3.55. The summed E-state index contributed by atoms with van der Waals surface area (Å²) in [5, 5.41) is 12.6. The molecule has 2 fully saturated rings. The van der Waals surface area contributed by atoms with Crippen LogP contribution < -0.4 is 0 Å². The number of hydrogen-bond donors (Lipinski definition) is 0. The number of thioether (sulfide) groups is 1. The van der Waals surface area contributed by atoms with E-state index < -0.39 is 0 Å². The third-order valence-electron chi connectivity index (χ3n) is 6.25. The van der Waals surface area contributed by atoms with Crippen molar-refractivity contribution in [1.82, 2.24) is 4.90 Å². The summed E-state index contributed by atoms with van der Waals surface area (Å²) >= 11 is 1.89. The zero-order valence-corrected chi connectivity index (χ0v) is 17.2. The van der Waals surface area contributed by atoms with Crippen LogP contribution in [-0.4, -0.2) is 32.8 Å². The van der Waals surface area contributed by atoms with Gasteiger partial charge in [-0.2, -0.15) is 0 Å². The van der Waals surface area contributed by atoms with Crippen LogP contribution in [0.2, 0.25) is 0 Å². The highest BCUT2D eigenvalue weighted by Gasteiger charge is 2.46. The lowest BCUT2D eigenvalue weighted by molar-refractivity contribution is -0.385. The Hall–Kier alpha value is -1.56. The molecule has 1 aromatic carbocycles. The molecule has 1 heterocycles. The number of nitro benzene ring substituents is 1. The van der Waals surface area contributed by atoms with Gasteiger partial charge in [0, 0.05) is 23.9 Å². The van der Waals surface area contributed by atoms with E-state index >= 15 is 0 Å². The predicted octanol–water partition coefficient (Wildman–Crippen LogP) is 5.48. The minimum absolute atomic E-state index is 0.232. The van der Waals surface area contributed by atoms with Gasteiger partial charge in [-0.3, -0.25) is 10.1 Å². The molecule has 0 N–H and O–H groups in total. The molecule has 3 aliphatic rings. The number of amidine groups is 1. The highest BCUT2D eigenvalue weighted by atomic mass is 32.2. The first-order valence-corrected chi connectivity index (χ1v) is 11.3. The van der Waals surface area contributed by atoms with Crippen LogP contribution in [0.3, 0.4) is 0 Å². The second-order valence-corrected chi connectivity index (χ2v) is 9.59. The summed E-state index contributed by atoms with van der Waals surface area (Å²) in [7, 11) is 0. The average molecular weight is 388 g/mol. The van der Waals surface area contributed by atoms with Gasteiger partial charge in [0.2, 0.25) is 0 Å². The smallest absolute Gasteiger partial charge is 0.273 e. The van der Waals surface area contributed by atoms with E-state index in [0.29, 0.717) is 5.92 Å². The fraction of sp³-hybridized carbons (Fsp3) is 0.667. The summed E-state index contributed by atoms with van der Waals surface area (Å²) in [6.07, 6.45) is 9.00. The van der Waals surface area contributed by atoms with Crippen molar-refractivity contribution in [3.63, 3.8) is 0 Å². The molecule has 146 valence electrons. The van der Waals surface area contributed by atoms with Crippen molar-refractivity contribution < 1.29 is 4.92 Å². The molecule has 5 nitrogen and oxygen atoms in total. The van der Waals surface area contributed by atoms with Gasteiger partial charge in [-0.1, -0.05) is 38.5 Å².